The molecule has 4 heteroatoms. The molecule has 1 atom stereocenters. The van der Waals surface area contributed by atoms with Gasteiger partial charge in [-0.25, -0.2) is 4.79 Å². The molecule has 0 radical (unpaired) electrons. The molecule has 0 amide bonds. The summed E-state index contributed by atoms with van der Waals surface area (Å²) in [5, 5.41) is 0. The molecular weight excluding hydrogens is 158 g/mol. The predicted molar refractivity (Wildman–Crippen MR) is 43.6 cm³/mol. The molecule has 4 nitrogen and oxygen atoms in total. The van der Waals surface area contributed by atoms with Gasteiger partial charge in [0, 0.05) is 6.61 Å². The molecule has 70 valence electrons. The van der Waals surface area contributed by atoms with Crippen LogP contribution >= 0.6 is 0 Å². The van der Waals surface area contributed by atoms with Crippen molar-refractivity contribution in [2.24, 2.45) is 5.73 Å². The Morgan fingerprint density at radius 3 is 2.92 bits per heavy atom. The van der Waals surface area contributed by atoms with Crippen LogP contribution in [0.3, 0.4) is 0 Å². The third-order valence-corrected chi connectivity index (χ3v) is 2.21. The maximum Gasteiger partial charge on any atom is 0.338 e. The number of hydrogen-bond acceptors (Lipinski definition) is 4. The van der Waals surface area contributed by atoms with Gasteiger partial charge in [0.2, 0.25) is 0 Å². The van der Waals surface area contributed by atoms with Crippen LogP contribution in [0.15, 0.2) is 0 Å². The summed E-state index contributed by atoms with van der Waals surface area (Å²) in [5.41, 5.74) is 4.67. The Morgan fingerprint density at radius 2 is 2.50 bits per heavy atom. The molecule has 12 heavy (non-hydrogen) atoms. The van der Waals surface area contributed by atoms with Crippen molar-refractivity contribution in [1.82, 2.24) is 0 Å². The molecule has 1 saturated heterocycles. The van der Waals surface area contributed by atoms with Crippen LogP contribution in [0.1, 0.15) is 19.3 Å². The molecule has 1 aliphatic rings. The molecule has 0 aliphatic carbocycles. The standard InChI is InChI=1S/C8H15NO3/c1-11-7(10)8(4-5-9)3-2-6-12-8/h2-6,9H2,1H3. The lowest BCUT2D eigenvalue weighted by molar-refractivity contribution is -0.164. The van der Waals surface area contributed by atoms with Crippen molar-refractivity contribution in [1.29, 1.82) is 0 Å². The zero-order valence-corrected chi connectivity index (χ0v) is 7.34. The van der Waals surface area contributed by atoms with Gasteiger partial charge in [0.05, 0.1) is 7.11 Å². The zero-order valence-electron chi connectivity index (χ0n) is 7.34. The Labute approximate surface area is 72.0 Å². The summed E-state index contributed by atoms with van der Waals surface area (Å²) in [7, 11) is 1.38. The van der Waals surface area contributed by atoms with E-state index in [0.29, 0.717) is 19.6 Å². The van der Waals surface area contributed by atoms with E-state index in [-0.39, 0.29) is 5.97 Å². The maximum absolute atomic E-state index is 11.3. The fraction of sp³-hybridized carbons (Fsp3) is 0.875. The van der Waals surface area contributed by atoms with Crippen LogP contribution in [0.4, 0.5) is 0 Å². The van der Waals surface area contributed by atoms with Crippen LogP contribution in [0, 0.1) is 0 Å². The van der Waals surface area contributed by atoms with Crippen molar-refractivity contribution in [2.45, 2.75) is 24.9 Å². The molecule has 0 spiro atoms. The van der Waals surface area contributed by atoms with Crippen LogP contribution in [0.25, 0.3) is 0 Å². The summed E-state index contributed by atoms with van der Waals surface area (Å²) in [6, 6.07) is 0. The van der Waals surface area contributed by atoms with E-state index in [1.807, 2.05) is 0 Å². The van der Waals surface area contributed by atoms with E-state index >= 15 is 0 Å². The molecule has 0 aromatic heterocycles. The third kappa shape index (κ3) is 1.59. The third-order valence-electron chi connectivity index (χ3n) is 2.21. The highest BCUT2D eigenvalue weighted by Gasteiger charge is 2.42. The SMILES string of the molecule is COC(=O)C1(CCN)CCCO1. The number of nitrogens with two attached hydrogens (primary N) is 1. The molecular formula is C8H15NO3. The lowest BCUT2D eigenvalue weighted by atomic mass is 9.96. The van der Waals surface area contributed by atoms with Gasteiger partial charge in [-0.3, -0.25) is 0 Å². The summed E-state index contributed by atoms with van der Waals surface area (Å²) >= 11 is 0. The lowest BCUT2D eigenvalue weighted by Crippen LogP contribution is -2.40. The van der Waals surface area contributed by atoms with Gasteiger partial charge in [-0.05, 0) is 25.8 Å². The van der Waals surface area contributed by atoms with Gasteiger partial charge >= 0.3 is 5.97 Å². The number of rotatable bonds is 3. The number of esters is 1. The van der Waals surface area contributed by atoms with E-state index in [0.717, 1.165) is 12.8 Å². The van der Waals surface area contributed by atoms with Crippen LogP contribution in [0.2, 0.25) is 0 Å². The molecule has 0 aromatic carbocycles. The normalized spacial score (nSPS) is 28.8. The van der Waals surface area contributed by atoms with Gasteiger partial charge < -0.3 is 15.2 Å². The molecule has 0 bridgehead atoms. The summed E-state index contributed by atoms with van der Waals surface area (Å²) < 4.78 is 10.0. The molecule has 1 fully saturated rings. The first kappa shape index (κ1) is 9.48. The van der Waals surface area contributed by atoms with Gasteiger partial charge in [-0.15, -0.1) is 0 Å². The molecule has 0 aromatic rings. The molecule has 1 heterocycles. The van der Waals surface area contributed by atoms with Crippen LogP contribution in [-0.2, 0) is 14.3 Å². The number of ether oxygens (including phenoxy) is 2. The van der Waals surface area contributed by atoms with Crippen molar-refractivity contribution in [3.63, 3.8) is 0 Å². The van der Waals surface area contributed by atoms with Crippen molar-refractivity contribution >= 4 is 5.97 Å². The highest BCUT2D eigenvalue weighted by Crippen LogP contribution is 2.29. The van der Waals surface area contributed by atoms with E-state index in [4.69, 9.17) is 10.5 Å². The Morgan fingerprint density at radius 1 is 1.75 bits per heavy atom. The first-order valence-corrected chi connectivity index (χ1v) is 4.17. The second-order valence-electron chi connectivity index (χ2n) is 2.98. The minimum atomic E-state index is -0.733. The molecule has 1 rings (SSSR count). The first-order valence-electron chi connectivity index (χ1n) is 4.17. The summed E-state index contributed by atoms with van der Waals surface area (Å²) in [5.74, 6) is -0.287. The minimum Gasteiger partial charge on any atom is -0.467 e. The quantitative estimate of drug-likeness (QED) is 0.613. The molecule has 2 N–H and O–H groups in total. The monoisotopic (exact) mass is 173 g/mol. The summed E-state index contributed by atoms with van der Waals surface area (Å²) in [4.78, 5) is 11.3. The largest absolute Gasteiger partial charge is 0.467 e. The number of hydrogen-bond donors (Lipinski definition) is 1. The topological polar surface area (TPSA) is 61.5 Å². The average Bonchev–Trinajstić information content (AvgIpc) is 2.53. The smallest absolute Gasteiger partial charge is 0.338 e. The number of carbonyl (C=O) groups excluding carboxylic acids is 1. The van der Waals surface area contributed by atoms with Crippen LogP contribution < -0.4 is 5.73 Å². The molecule has 0 saturated carbocycles. The van der Waals surface area contributed by atoms with Crippen molar-refractivity contribution in [3.8, 4) is 0 Å². The van der Waals surface area contributed by atoms with Gasteiger partial charge in [0.25, 0.3) is 0 Å². The predicted octanol–water partition coefficient (Wildman–Crippen LogP) is 0.0574. The fourth-order valence-corrected chi connectivity index (χ4v) is 1.58. The van der Waals surface area contributed by atoms with Crippen LogP contribution in [0.5, 0.6) is 0 Å². The van der Waals surface area contributed by atoms with Gasteiger partial charge in [-0.1, -0.05) is 0 Å². The number of carbonyl (C=O) groups is 1. The minimum absolute atomic E-state index is 0.287. The lowest BCUT2D eigenvalue weighted by Gasteiger charge is -2.24. The second-order valence-corrected chi connectivity index (χ2v) is 2.98. The Bertz CT molecular complexity index is 164. The highest BCUT2D eigenvalue weighted by molar-refractivity contribution is 5.79. The highest BCUT2D eigenvalue weighted by atomic mass is 16.6. The van der Waals surface area contributed by atoms with Gasteiger partial charge in [-0.2, -0.15) is 0 Å². The van der Waals surface area contributed by atoms with Crippen molar-refractivity contribution in [2.75, 3.05) is 20.3 Å². The van der Waals surface area contributed by atoms with Gasteiger partial charge in [0.15, 0.2) is 5.60 Å². The zero-order chi connectivity index (χ0) is 9.03. The first-order chi connectivity index (χ1) is 5.75. The molecule has 1 unspecified atom stereocenters. The average molecular weight is 173 g/mol. The second kappa shape index (κ2) is 3.87. The number of methoxy groups -OCH3 is 1. The van der Waals surface area contributed by atoms with E-state index in [1.165, 1.54) is 7.11 Å². The van der Waals surface area contributed by atoms with Crippen molar-refractivity contribution in [3.05, 3.63) is 0 Å². The molecule has 1 aliphatic heterocycles. The van der Waals surface area contributed by atoms with E-state index in [1.54, 1.807) is 0 Å². The summed E-state index contributed by atoms with van der Waals surface area (Å²) in [6.07, 6.45) is 2.20. The van der Waals surface area contributed by atoms with E-state index in [2.05, 4.69) is 4.74 Å². The Balaban J connectivity index is 2.64. The fourth-order valence-electron chi connectivity index (χ4n) is 1.58. The van der Waals surface area contributed by atoms with E-state index in [9.17, 15) is 4.79 Å². The summed E-state index contributed by atoms with van der Waals surface area (Å²) in [6.45, 7) is 1.09. The van der Waals surface area contributed by atoms with Crippen LogP contribution in [-0.4, -0.2) is 31.8 Å². The Kier molecular flexibility index (Phi) is 3.05. The van der Waals surface area contributed by atoms with E-state index < -0.39 is 5.60 Å². The van der Waals surface area contributed by atoms with Crippen molar-refractivity contribution < 1.29 is 14.3 Å². The maximum atomic E-state index is 11.3. The van der Waals surface area contributed by atoms with Gasteiger partial charge in [0.1, 0.15) is 0 Å². The Hall–Kier alpha value is -0.610.